The van der Waals surface area contributed by atoms with E-state index in [9.17, 15) is 24.0 Å². The predicted octanol–water partition coefficient (Wildman–Crippen LogP) is -1.80. The van der Waals surface area contributed by atoms with Crippen LogP contribution in [0, 0.1) is 5.92 Å². The highest BCUT2D eigenvalue weighted by Gasteiger charge is 2.27. The first-order valence-electron chi connectivity index (χ1n) is 9.02. The zero-order chi connectivity index (χ0) is 22.0. The van der Waals surface area contributed by atoms with Crippen molar-refractivity contribution in [2.75, 3.05) is 0 Å². The highest BCUT2D eigenvalue weighted by molar-refractivity contribution is 5.94. The number of hydrogen-bond donors (Lipinski definition) is 6. The van der Waals surface area contributed by atoms with Crippen molar-refractivity contribution < 1.29 is 29.1 Å². The minimum Gasteiger partial charge on any atom is -0.480 e. The maximum absolute atomic E-state index is 12.5. The monoisotopic (exact) mass is 401 g/mol. The Morgan fingerprint density at radius 2 is 1.39 bits per heavy atom. The van der Waals surface area contributed by atoms with Gasteiger partial charge in [0, 0.05) is 6.42 Å². The Labute approximate surface area is 164 Å². The molecular formula is C17H31N5O6. The molecule has 11 nitrogen and oxygen atoms in total. The van der Waals surface area contributed by atoms with E-state index in [0.717, 1.165) is 0 Å². The number of hydrogen-bond acceptors (Lipinski definition) is 6. The molecule has 0 aliphatic carbocycles. The Balaban J connectivity index is 5.00. The van der Waals surface area contributed by atoms with Crippen molar-refractivity contribution in [1.82, 2.24) is 16.0 Å². The molecule has 160 valence electrons. The number of nitrogens with two attached hydrogens (primary N) is 2. The molecular weight excluding hydrogens is 370 g/mol. The van der Waals surface area contributed by atoms with Crippen LogP contribution in [0.25, 0.3) is 0 Å². The molecule has 11 heteroatoms. The number of carbonyl (C=O) groups is 5. The van der Waals surface area contributed by atoms with E-state index < -0.39 is 53.8 Å². The van der Waals surface area contributed by atoms with Crippen LogP contribution in [-0.4, -0.2) is 58.9 Å². The van der Waals surface area contributed by atoms with Gasteiger partial charge in [-0.1, -0.05) is 13.8 Å². The number of amides is 4. The average molecular weight is 401 g/mol. The molecule has 4 amide bonds. The number of primary amides is 1. The summed E-state index contributed by atoms with van der Waals surface area (Å²) in [5.74, 6) is -3.69. The molecule has 0 fully saturated rings. The SMILES string of the molecule is CC(C)CC(N)C(=O)NC(CCC(N)=O)C(=O)NC(C)C(=O)NC(C)C(=O)O. The van der Waals surface area contributed by atoms with Crippen molar-refractivity contribution in [3.8, 4) is 0 Å². The van der Waals surface area contributed by atoms with E-state index in [1.165, 1.54) is 13.8 Å². The number of carboxylic acids is 1. The molecule has 0 radical (unpaired) electrons. The van der Waals surface area contributed by atoms with Crippen molar-refractivity contribution in [3.05, 3.63) is 0 Å². The molecule has 0 aromatic heterocycles. The highest BCUT2D eigenvalue weighted by Crippen LogP contribution is 2.05. The van der Waals surface area contributed by atoms with Crippen LogP contribution in [-0.2, 0) is 24.0 Å². The van der Waals surface area contributed by atoms with E-state index >= 15 is 0 Å². The zero-order valence-corrected chi connectivity index (χ0v) is 16.7. The smallest absolute Gasteiger partial charge is 0.325 e. The van der Waals surface area contributed by atoms with Crippen LogP contribution in [0.3, 0.4) is 0 Å². The summed E-state index contributed by atoms with van der Waals surface area (Å²) in [6.07, 6.45) is 0.178. The number of carbonyl (C=O) groups excluding carboxylic acids is 4. The quantitative estimate of drug-likeness (QED) is 0.222. The third-order valence-corrected chi connectivity index (χ3v) is 3.86. The van der Waals surface area contributed by atoms with E-state index in [2.05, 4.69) is 16.0 Å². The first-order valence-corrected chi connectivity index (χ1v) is 9.02. The van der Waals surface area contributed by atoms with Gasteiger partial charge in [0.15, 0.2) is 0 Å². The second-order valence-electron chi connectivity index (χ2n) is 7.10. The lowest BCUT2D eigenvalue weighted by Crippen LogP contribution is -2.56. The molecule has 0 aliphatic rings. The fourth-order valence-electron chi connectivity index (χ4n) is 2.23. The average Bonchev–Trinajstić information content (AvgIpc) is 2.56. The second kappa shape index (κ2) is 11.9. The summed E-state index contributed by atoms with van der Waals surface area (Å²) in [6.45, 7) is 6.42. The molecule has 0 saturated heterocycles. The van der Waals surface area contributed by atoms with Gasteiger partial charge < -0.3 is 32.5 Å². The molecule has 0 aromatic rings. The minimum atomic E-state index is -1.22. The molecule has 8 N–H and O–H groups in total. The van der Waals surface area contributed by atoms with Gasteiger partial charge in [-0.3, -0.25) is 24.0 Å². The molecule has 0 spiro atoms. The zero-order valence-electron chi connectivity index (χ0n) is 16.7. The molecule has 4 atom stereocenters. The van der Waals surface area contributed by atoms with E-state index in [4.69, 9.17) is 16.6 Å². The lowest BCUT2D eigenvalue weighted by atomic mass is 10.0. The van der Waals surface area contributed by atoms with E-state index in [-0.39, 0.29) is 18.8 Å². The lowest BCUT2D eigenvalue weighted by molar-refractivity contribution is -0.141. The highest BCUT2D eigenvalue weighted by atomic mass is 16.4. The molecule has 0 saturated carbocycles. The van der Waals surface area contributed by atoms with Crippen LogP contribution in [0.1, 0.15) is 47.0 Å². The summed E-state index contributed by atoms with van der Waals surface area (Å²) >= 11 is 0. The summed E-state index contributed by atoms with van der Waals surface area (Å²) in [5, 5.41) is 15.9. The standard InChI is InChI=1S/C17H31N5O6/c1-8(2)7-11(18)15(25)22-12(5-6-13(19)23)16(26)20-9(3)14(24)21-10(4)17(27)28/h8-12H,5-7,18H2,1-4H3,(H2,19,23)(H,20,26)(H,21,24)(H,22,25)(H,27,28). The Hall–Kier alpha value is -2.69. The molecule has 0 heterocycles. The van der Waals surface area contributed by atoms with Crippen LogP contribution >= 0.6 is 0 Å². The van der Waals surface area contributed by atoms with Gasteiger partial charge in [0.1, 0.15) is 18.1 Å². The topological polar surface area (TPSA) is 194 Å². The number of aliphatic carboxylic acids is 1. The van der Waals surface area contributed by atoms with Gasteiger partial charge in [-0.2, -0.15) is 0 Å². The van der Waals surface area contributed by atoms with Crippen LogP contribution in [0.15, 0.2) is 0 Å². The third kappa shape index (κ3) is 9.86. The van der Waals surface area contributed by atoms with Crippen molar-refractivity contribution in [2.45, 2.75) is 71.1 Å². The number of rotatable bonds is 12. The van der Waals surface area contributed by atoms with Crippen molar-refractivity contribution >= 4 is 29.6 Å². The summed E-state index contributed by atoms with van der Waals surface area (Å²) in [4.78, 5) is 58.5. The van der Waals surface area contributed by atoms with Crippen molar-refractivity contribution in [1.29, 1.82) is 0 Å². The van der Waals surface area contributed by atoms with Gasteiger partial charge in [-0.05, 0) is 32.6 Å². The minimum absolute atomic E-state index is 0.0683. The fraction of sp³-hybridized carbons (Fsp3) is 0.706. The van der Waals surface area contributed by atoms with Gasteiger partial charge in [-0.15, -0.1) is 0 Å². The van der Waals surface area contributed by atoms with E-state index in [1.807, 2.05) is 13.8 Å². The maximum atomic E-state index is 12.5. The first kappa shape index (κ1) is 25.3. The maximum Gasteiger partial charge on any atom is 0.325 e. The predicted molar refractivity (Wildman–Crippen MR) is 101 cm³/mol. The van der Waals surface area contributed by atoms with Crippen molar-refractivity contribution in [3.63, 3.8) is 0 Å². The van der Waals surface area contributed by atoms with Crippen LogP contribution in [0.2, 0.25) is 0 Å². The molecule has 0 rings (SSSR count). The number of carboxylic acid groups (broad SMARTS) is 1. The van der Waals surface area contributed by atoms with Gasteiger partial charge in [0.2, 0.25) is 23.6 Å². The largest absolute Gasteiger partial charge is 0.480 e. The van der Waals surface area contributed by atoms with Gasteiger partial charge in [-0.25, -0.2) is 0 Å². The first-order chi connectivity index (χ1) is 12.8. The van der Waals surface area contributed by atoms with Crippen molar-refractivity contribution in [2.24, 2.45) is 17.4 Å². The lowest BCUT2D eigenvalue weighted by Gasteiger charge is -2.23. The van der Waals surface area contributed by atoms with Gasteiger partial charge in [0.25, 0.3) is 0 Å². The van der Waals surface area contributed by atoms with E-state index in [0.29, 0.717) is 6.42 Å². The summed E-state index contributed by atoms with van der Waals surface area (Å²) in [5.41, 5.74) is 10.9. The summed E-state index contributed by atoms with van der Waals surface area (Å²) in [6, 6.07) is -4.15. The van der Waals surface area contributed by atoms with Gasteiger partial charge >= 0.3 is 5.97 Å². The Kier molecular flexibility index (Phi) is 10.8. The van der Waals surface area contributed by atoms with E-state index in [1.54, 1.807) is 0 Å². The molecule has 4 unspecified atom stereocenters. The molecule has 28 heavy (non-hydrogen) atoms. The second-order valence-corrected chi connectivity index (χ2v) is 7.10. The molecule has 0 aliphatic heterocycles. The normalized spacial score (nSPS) is 15.1. The van der Waals surface area contributed by atoms with Crippen LogP contribution in [0.4, 0.5) is 0 Å². The Morgan fingerprint density at radius 1 is 0.857 bits per heavy atom. The van der Waals surface area contributed by atoms with Crippen LogP contribution < -0.4 is 27.4 Å². The third-order valence-electron chi connectivity index (χ3n) is 3.86. The molecule has 0 aromatic carbocycles. The molecule has 0 bridgehead atoms. The van der Waals surface area contributed by atoms with Gasteiger partial charge in [0.05, 0.1) is 6.04 Å². The summed E-state index contributed by atoms with van der Waals surface area (Å²) < 4.78 is 0. The van der Waals surface area contributed by atoms with Crippen LogP contribution in [0.5, 0.6) is 0 Å². The fourth-order valence-corrected chi connectivity index (χ4v) is 2.23. The Bertz CT molecular complexity index is 595. The Morgan fingerprint density at radius 3 is 1.86 bits per heavy atom. The summed E-state index contributed by atoms with van der Waals surface area (Å²) in [7, 11) is 0. The number of nitrogens with one attached hydrogen (secondary N) is 3.